The summed E-state index contributed by atoms with van der Waals surface area (Å²) in [5.74, 6) is -0.678. The van der Waals surface area contributed by atoms with Crippen molar-refractivity contribution >= 4 is 17.3 Å². The monoisotopic (exact) mass is 380 g/mol. The zero-order valence-corrected chi connectivity index (χ0v) is 15.6. The fraction of sp³-hybridized carbons (Fsp3) is 0.350. The smallest absolute Gasteiger partial charge is 0.389 e. The molecule has 0 radical (unpaired) electrons. The molecule has 3 N–H and O–H groups in total. The molecule has 1 unspecified atom stereocenters. The quantitative estimate of drug-likeness (QED) is 0.673. The summed E-state index contributed by atoms with van der Waals surface area (Å²) >= 11 is 0. The summed E-state index contributed by atoms with van der Waals surface area (Å²) < 4.78 is 39.3. The van der Waals surface area contributed by atoms with Gasteiger partial charge in [0.1, 0.15) is 0 Å². The average molecular weight is 380 g/mol. The number of anilines is 2. The Morgan fingerprint density at radius 1 is 1.07 bits per heavy atom. The van der Waals surface area contributed by atoms with E-state index in [4.69, 9.17) is 0 Å². The van der Waals surface area contributed by atoms with Crippen LogP contribution in [-0.4, -0.2) is 17.1 Å². The van der Waals surface area contributed by atoms with Gasteiger partial charge in [-0.15, -0.1) is 0 Å². The van der Waals surface area contributed by atoms with Crippen molar-refractivity contribution in [1.29, 1.82) is 0 Å². The molecule has 0 aliphatic carbocycles. The van der Waals surface area contributed by atoms with Crippen LogP contribution in [0, 0.1) is 6.92 Å². The van der Waals surface area contributed by atoms with Crippen LogP contribution in [0.4, 0.5) is 24.5 Å². The Morgan fingerprint density at radius 3 is 2.30 bits per heavy atom. The fourth-order valence-electron chi connectivity index (χ4n) is 2.56. The first-order chi connectivity index (χ1) is 12.5. The first-order valence-corrected chi connectivity index (χ1v) is 8.56. The van der Waals surface area contributed by atoms with Crippen LogP contribution in [0.25, 0.3) is 0 Å². The number of nitrogens with one attached hydrogen (secondary N) is 2. The molecule has 0 saturated carbocycles. The van der Waals surface area contributed by atoms with Gasteiger partial charge < -0.3 is 15.7 Å². The highest BCUT2D eigenvalue weighted by Crippen LogP contribution is 2.32. The summed E-state index contributed by atoms with van der Waals surface area (Å²) in [5.41, 5.74) is 1.16. The molecule has 1 atom stereocenters. The summed E-state index contributed by atoms with van der Waals surface area (Å²) in [7, 11) is 0. The Balaban J connectivity index is 2.34. The van der Waals surface area contributed by atoms with Crippen molar-refractivity contribution in [1.82, 2.24) is 0 Å². The lowest BCUT2D eigenvalue weighted by Gasteiger charge is -2.16. The van der Waals surface area contributed by atoms with Gasteiger partial charge in [0.2, 0.25) is 0 Å². The summed E-state index contributed by atoms with van der Waals surface area (Å²) in [6.07, 6.45) is -5.74. The van der Waals surface area contributed by atoms with E-state index in [-0.39, 0.29) is 17.2 Å². The van der Waals surface area contributed by atoms with Crippen molar-refractivity contribution in [3.63, 3.8) is 0 Å². The molecule has 0 fully saturated rings. The van der Waals surface area contributed by atoms with E-state index in [1.807, 2.05) is 26.8 Å². The zero-order valence-electron chi connectivity index (χ0n) is 15.6. The van der Waals surface area contributed by atoms with E-state index in [9.17, 15) is 23.1 Å². The number of benzene rings is 2. The van der Waals surface area contributed by atoms with Gasteiger partial charge in [0.05, 0.1) is 11.7 Å². The molecule has 0 saturated heterocycles. The van der Waals surface area contributed by atoms with Crippen LogP contribution < -0.4 is 10.6 Å². The standard InChI is InChI=1S/C20H23F3N2O2/c1-11(2)24-18-10-17(6-5-12(18)3)25-19(27)15-7-14(13(4)26)8-16(9-15)20(21,22)23/h5-11,13,24,26H,1-4H3,(H,25,27). The first-order valence-electron chi connectivity index (χ1n) is 8.56. The summed E-state index contributed by atoms with van der Waals surface area (Å²) in [6, 6.07) is 8.30. The number of alkyl halides is 3. The number of aliphatic hydroxyl groups is 1. The number of aliphatic hydroxyl groups excluding tert-OH is 1. The molecular formula is C20H23F3N2O2. The predicted octanol–water partition coefficient (Wildman–Crippen LogP) is 5.14. The molecule has 146 valence electrons. The van der Waals surface area contributed by atoms with Crippen molar-refractivity contribution < 1.29 is 23.1 Å². The maximum absolute atomic E-state index is 13.1. The summed E-state index contributed by atoms with van der Waals surface area (Å²) in [6.45, 7) is 7.22. The molecular weight excluding hydrogens is 357 g/mol. The normalized spacial score (nSPS) is 12.8. The van der Waals surface area contributed by atoms with Crippen LogP contribution in [0.1, 0.15) is 53.9 Å². The number of aryl methyl sites for hydroxylation is 1. The number of hydrogen-bond donors (Lipinski definition) is 3. The van der Waals surface area contributed by atoms with E-state index in [0.717, 1.165) is 23.4 Å². The lowest BCUT2D eigenvalue weighted by molar-refractivity contribution is -0.137. The maximum atomic E-state index is 13.1. The molecule has 1 amide bonds. The number of carbonyl (C=O) groups is 1. The molecule has 0 aromatic heterocycles. The molecule has 7 heteroatoms. The van der Waals surface area contributed by atoms with E-state index >= 15 is 0 Å². The highest BCUT2D eigenvalue weighted by atomic mass is 19.4. The molecule has 0 aliphatic rings. The lowest BCUT2D eigenvalue weighted by atomic mass is 10.0. The van der Waals surface area contributed by atoms with E-state index in [1.54, 1.807) is 12.1 Å². The van der Waals surface area contributed by atoms with Crippen molar-refractivity contribution in [3.05, 3.63) is 58.7 Å². The second-order valence-corrected chi connectivity index (χ2v) is 6.80. The van der Waals surface area contributed by atoms with Crippen LogP contribution in [0.5, 0.6) is 0 Å². The van der Waals surface area contributed by atoms with E-state index < -0.39 is 23.8 Å². The van der Waals surface area contributed by atoms with E-state index in [1.165, 1.54) is 13.0 Å². The third-order valence-electron chi connectivity index (χ3n) is 3.97. The third-order valence-corrected chi connectivity index (χ3v) is 3.97. The van der Waals surface area contributed by atoms with Crippen LogP contribution in [0.2, 0.25) is 0 Å². The number of halogens is 3. The largest absolute Gasteiger partial charge is 0.416 e. The van der Waals surface area contributed by atoms with Gasteiger partial charge in [0.15, 0.2) is 0 Å². The average Bonchev–Trinajstić information content (AvgIpc) is 2.56. The molecule has 2 rings (SSSR count). The molecule has 27 heavy (non-hydrogen) atoms. The van der Waals surface area contributed by atoms with Gasteiger partial charge in [-0.1, -0.05) is 6.07 Å². The predicted molar refractivity (Wildman–Crippen MR) is 100.0 cm³/mol. The van der Waals surface area contributed by atoms with Gasteiger partial charge in [-0.05, 0) is 69.2 Å². The minimum absolute atomic E-state index is 0.0287. The minimum atomic E-state index is -4.61. The van der Waals surface area contributed by atoms with Gasteiger partial charge in [-0.3, -0.25) is 4.79 Å². The second-order valence-electron chi connectivity index (χ2n) is 6.80. The van der Waals surface area contributed by atoms with Crippen molar-refractivity contribution in [2.24, 2.45) is 0 Å². The Morgan fingerprint density at radius 2 is 1.74 bits per heavy atom. The molecule has 0 aliphatic heterocycles. The van der Waals surface area contributed by atoms with E-state index in [2.05, 4.69) is 10.6 Å². The maximum Gasteiger partial charge on any atom is 0.416 e. The Hall–Kier alpha value is -2.54. The Bertz CT molecular complexity index is 830. The van der Waals surface area contributed by atoms with Crippen LogP contribution >= 0.6 is 0 Å². The summed E-state index contributed by atoms with van der Waals surface area (Å²) in [5, 5.41) is 15.5. The molecule has 0 bridgehead atoms. The fourth-order valence-corrected chi connectivity index (χ4v) is 2.56. The van der Waals surface area contributed by atoms with Crippen molar-refractivity contribution in [2.75, 3.05) is 10.6 Å². The van der Waals surface area contributed by atoms with Crippen molar-refractivity contribution in [3.8, 4) is 0 Å². The van der Waals surface area contributed by atoms with Gasteiger partial charge in [0.25, 0.3) is 5.91 Å². The molecule has 2 aromatic carbocycles. The molecule has 0 heterocycles. The van der Waals surface area contributed by atoms with Crippen LogP contribution in [-0.2, 0) is 6.18 Å². The van der Waals surface area contributed by atoms with Gasteiger partial charge in [-0.2, -0.15) is 13.2 Å². The second kappa shape index (κ2) is 8.00. The Labute approximate surface area is 156 Å². The first kappa shape index (κ1) is 20.8. The van der Waals surface area contributed by atoms with Crippen LogP contribution in [0.15, 0.2) is 36.4 Å². The SMILES string of the molecule is Cc1ccc(NC(=O)c2cc(C(C)O)cc(C(F)(F)F)c2)cc1NC(C)C. The number of amides is 1. The zero-order chi connectivity index (χ0) is 20.4. The number of rotatable bonds is 5. The molecule has 4 nitrogen and oxygen atoms in total. The molecule has 0 spiro atoms. The van der Waals surface area contributed by atoms with Gasteiger partial charge >= 0.3 is 6.18 Å². The van der Waals surface area contributed by atoms with Crippen molar-refractivity contribution in [2.45, 2.75) is 46.0 Å². The van der Waals surface area contributed by atoms with E-state index in [0.29, 0.717) is 5.69 Å². The topological polar surface area (TPSA) is 61.4 Å². The lowest BCUT2D eigenvalue weighted by Crippen LogP contribution is -2.16. The highest BCUT2D eigenvalue weighted by Gasteiger charge is 2.32. The third kappa shape index (κ3) is 5.47. The van der Waals surface area contributed by atoms with Gasteiger partial charge in [-0.25, -0.2) is 0 Å². The number of hydrogen-bond acceptors (Lipinski definition) is 3. The van der Waals surface area contributed by atoms with Gasteiger partial charge in [0, 0.05) is 23.0 Å². The molecule has 2 aromatic rings. The van der Waals surface area contributed by atoms with Crippen LogP contribution in [0.3, 0.4) is 0 Å². The summed E-state index contributed by atoms with van der Waals surface area (Å²) in [4.78, 5) is 12.5. The number of carbonyl (C=O) groups excluding carboxylic acids is 1. The highest BCUT2D eigenvalue weighted by molar-refractivity contribution is 6.04. The Kier molecular flexibility index (Phi) is 6.15. The minimum Gasteiger partial charge on any atom is -0.389 e.